The maximum absolute atomic E-state index is 5.97. The van der Waals surface area contributed by atoms with E-state index in [0.29, 0.717) is 18.7 Å². The Hall–Kier alpha value is -1.36. The Morgan fingerprint density at radius 2 is 1.97 bits per heavy atom. The smallest absolute Gasteiger partial charge is 0.191 e. The van der Waals surface area contributed by atoms with Gasteiger partial charge in [0.1, 0.15) is 0 Å². The van der Waals surface area contributed by atoms with E-state index in [2.05, 4.69) is 41.4 Å². The van der Waals surface area contributed by atoms with Crippen LogP contribution in [0.3, 0.4) is 0 Å². The summed E-state index contributed by atoms with van der Waals surface area (Å²) in [5.41, 5.74) is 2.04. The van der Waals surface area contributed by atoms with E-state index >= 15 is 0 Å². The first-order chi connectivity index (χ1) is 15.0. The van der Waals surface area contributed by atoms with Gasteiger partial charge in [0, 0.05) is 49.0 Å². The molecule has 0 aliphatic carbocycles. The van der Waals surface area contributed by atoms with E-state index in [1.54, 1.807) is 0 Å². The average molecular weight is 575 g/mol. The number of rotatable bonds is 9. The van der Waals surface area contributed by atoms with Gasteiger partial charge in [-0.05, 0) is 57.9 Å². The van der Waals surface area contributed by atoms with Crippen molar-refractivity contribution in [2.24, 2.45) is 4.99 Å². The number of nitrogens with one attached hydrogen (secondary N) is 2. The summed E-state index contributed by atoms with van der Waals surface area (Å²) in [5, 5.41) is 12.1. The van der Waals surface area contributed by atoms with Crippen molar-refractivity contribution in [3.05, 3.63) is 47.2 Å². The lowest BCUT2D eigenvalue weighted by Gasteiger charge is -2.33. The lowest BCUT2D eigenvalue weighted by molar-refractivity contribution is 0.0532. The molecular weight excluding hydrogens is 539 g/mol. The third-order valence-corrected chi connectivity index (χ3v) is 5.53. The normalized spacial score (nSPS) is 15.6. The molecule has 0 radical (unpaired) electrons. The first-order valence-corrected chi connectivity index (χ1v) is 11.6. The summed E-state index contributed by atoms with van der Waals surface area (Å²) in [5.74, 6) is 0.864. The monoisotopic (exact) mass is 574 g/mol. The van der Waals surface area contributed by atoms with E-state index in [1.807, 2.05) is 41.3 Å². The molecule has 3 rings (SSSR count). The summed E-state index contributed by atoms with van der Waals surface area (Å²) in [6, 6.07) is 8.08. The van der Waals surface area contributed by atoms with Crippen molar-refractivity contribution < 1.29 is 4.74 Å². The molecule has 0 unspecified atom stereocenters. The predicted molar refractivity (Wildman–Crippen MR) is 142 cm³/mol. The van der Waals surface area contributed by atoms with E-state index < -0.39 is 0 Å². The zero-order valence-corrected chi connectivity index (χ0v) is 22.3. The molecule has 1 aromatic carbocycles. The van der Waals surface area contributed by atoms with E-state index in [1.165, 1.54) is 0 Å². The van der Waals surface area contributed by atoms with Gasteiger partial charge in [0.25, 0.3) is 0 Å². The molecule has 178 valence electrons. The minimum Gasteiger partial charge on any atom is -0.377 e. The largest absolute Gasteiger partial charge is 0.377 e. The molecule has 0 saturated carbocycles. The maximum atomic E-state index is 5.97. The summed E-state index contributed by atoms with van der Waals surface area (Å²) in [4.78, 5) is 7.26. The Morgan fingerprint density at radius 1 is 1.25 bits per heavy atom. The number of likely N-dealkylation sites (tertiary alicyclic amines) is 1. The van der Waals surface area contributed by atoms with Crippen molar-refractivity contribution in [1.82, 2.24) is 25.3 Å². The van der Waals surface area contributed by atoms with Gasteiger partial charge in [0.2, 0.25) is 0 Å². The highest BCUT2D eigenvalue weighted by molar-refractivity contribution is 14.0. The highest BCUT2D eigenvalue weighted by Crippen LogP contribution is 2.14. The van der Waals surface area contributed by atoms with Crippen molar-refractivity contribution in [3.63, 3.8) is 0 Å². The number of piperidine rings is 1. The molecule has 32 heavy (non-hydrogen) atoms. The Morgan fingerprint density at radius 3 is 2.62 bits per heavy atom. The second-order valence-corrected chi connectivity index (χ2v) is 8.58. The first-order valence-electron chi connectivity index (χ1n) is 11.2. The number of guanidine groups is 1. The molecule has 2 N–H and O–H groups in total. The molecule has 1 aromatic heterocycles. The Kier molecular flexibility index (Phi) is 11.8. The van der Waals surface area contributed by atoms with Gasteiger partial charge in [0.15, 0.2) is 5.96 Å². The molecule has 1 fully saturated rings. The Labute approximate surface area is 214 Å². The zero-order valence-electron chi connectivity index (χ0n) is 19.3. The van der Waals surface area contributed by atoms with Crippen LogP contribution in [0.2, 0.25) is 5.02 Å². The molecule has 9 heteroatoms. The van der Waals surface area contributed by atoms with E-state index in [-0.39, 0.29) is 24.0 Å². The lowest BCUT2D eigenvalue weighted by Crippen LogP contribution is -2.49. The van der Waals surface area contributed by atoms with Gasteiger partial charge in [-0.25, -0.2) is 9.67 Å². The number of aliphatic imine (C=N–C) groups is 1. The number of hydrogen-bond donors (Lipinski definition) is 2. The number of ether oxygens (including phenoxy) is 1. The van der Waals surface area contributed by atoms with E-state index in [0.717, 1.165) is 67.9 Å². The molecule has 0 bridgehead atoms. The van der Waals surface area contributed by atoms with Crippen molar-refractivity contribution in [2.75, 3.05) is 32.8 Å². The highest BCUT2D eigenvalue weighted by Gasteiger charge is 2.19. The zero-order chi connectivity index (χ0) is 22.1. The number of benzene rings is 1. The van der Waals surface area contributed by atoms with E-state index in [9.17, 15) is 0 Å². The van der Waals surface area contributed by atoms with E-state index in [4.69, 9.17) is 21.3 Å². The summed E-state index contributed by atoms with van der Waals surface area (Å²) in [6.07, 6.45) is 6.39. The number of nitrogens with zero attached hydrogens (tertiary/aromatic N) is 4. The third-order valence-electron chi connectivity index (χ3n) is 5.28. The van der Waals surface area contributed by atoms with Crippen LogP contribution in [0.4, 0.5) is 0 Å². The van der Waals surface area contributed by atoms with Gasteiger partial charge < -0.3 is 20.3 Å². The van der Waals surface area contributed by atoms with Crippen LogP contribution < -0.4 is 10.6 Å². The van der Waals surface area contributed by atoms with Crippen molar-refractivity contribution in [1.29, 1.82) is 0 Å². The minimum absolute atomic E-state index is 0. The summed E-state index contributed by atoms with van der Waals surface area (Å²) >= 11 is 5.97. The Bertz CT molecular complexity index is 818. The highest BCUT2D eigenvalue weighted by atomic mass is 127. The maximum Gasteiger partial charge on any atom is 0.191 e. The van der Waals surface area contributed by atoms with Gasteiger partial charge in [-0.2, -0.15) is 5.10 Å². The van der Waals surface area contributed by atoms with Gasteiger partial charge in [-0.15, -0.1) is 24.0 Å². The van der Waals surface area contributed by atoms with Gasteiger partial charge >= 0.3 is 0 Å². The van der Waals surface area contributed by atoms with Crippen molar-refractivity contribution >= 4 is 41.5 Å². The first kappa shape index (κ1) is 26.9. The van der Waals surface area contributed by atoms with Crippen LogP contribution in [-0.2, 0) is 11.3 Å². The van der Waals surface area contributed by atoms with Crippen LogP contribution in [-0.4, -0.2) is 65.6 Å². The standard InChI is InChI=1S/C23H35ClN6O.HI/c1-4-25-23(28-21-9-11-29(12-10-21)13-14-31-18(2)3)26-15-19-16-27-30(17-19)22-7-5-20(24)6-8-22;/h5-8,16-18,21H,4,9-15H2,1-3H3,(H2,25,26,28);1H. The Balaban J connectivity index is 0.00000363. The van der Waals surface area contributed by atoms with Crippen LogP contribution in [0.5, 0.6) is 0 Å². The third kappa shape index (κ3) is 8.88. The molecule has 0 spiro atoms. The summed E-state index contributed by atoms with van der Waals surface area (Å²) in [6.45, 7) is 11.7. The topological polar surface area (TPSA) is 66.7 Å². The predicted octanol–water partition coefficient (Wildman–Crippen LogP) is 4.09. The number of aromatic nitrogens is 2. The molecule has 1 aliphatic rings. The molecule has 0 amide bonds. The number of halogens is 2. The van der Waals surface area contributed by atoms with Crippen LogP contribution in [0, 0.1) is 0 Å². The molecule has 2 aromatic rings. The number of hydrogen-bond acceptors (Lipinski definition) is 4. The molecule has 7 nitrogen and oxygen atoms in total. The summed E-state index contributed by atoms with van der Waals surface area (Å²) in [7, 11) is 0. The van der Waals surface area contributed by atoms with Gasteiger partial charge in [0.05, 0.1) is 31.1 Å². The van der Waals surface area contributed by atoms with Crippen LogP contribution in [0.25, 0.3) is 5.69 Å². The van der Waals surface area contributed by atoms with Crippen LogP contribution in [0.1, 0.15) is 39.2 Å². The SMILES string of the molecule is CCNC(=NCc1cnn(-c2ccc(Cl)cc2)c1)NC1CCN(CCOC(C)C)CC1.I. The average Bonchev–Trinajstić information content (AvgIpc) is 3.23. The lowest BCUT2D eigenvalue weighted by atomic mass is 10.1. The molecule has 0 atom stereocenters. The molecular formula is C23H36ClIN6O. The molecule has 2 heterocycles. The van der Waals surface area contributed by atoms with Crippen LogP contribution >= 0.6 is 35.6 Å². The minimum atomic E-state index is 0. The summed E-state index contributed by atoms with van der Waals surface area (Å²) < 4.78 is 7.53. The van der Waals surface area contributed by atoms with Crippen LogP contribution in [0.15, 0.2) is 41.7 Å². The molecule has 1 saturated heterocycles. The quantitative estimate of drug-likeness (QED) is 0.268. The molecule has 1 aliphatic heterocycles. The fourth-order valence-electron chi connectivity index (χ4n) is 3.58. The van der Waals surface area contributed by atoms with Crippen molar-refractivity contribution in [3.8, 4) is 5.69 Å². The second kappa shape index (κ2) is 14.0. The van der Waals surface area contributed by atoms with Gasteiger partial charge in [-0.1, -0.05) is 11.6 Å². The van der Waals surface area contributed by atoms with Gasteiger partial charge in [-0.3, -0.25) is 0 Å². The fraction of sp³-hybridized carbons (Fsp3) is 0.565. The second-order valence-electron chi connectivity index (χ2n) is 8.14. The fourth-order valence-corrected chi connectivity index (χ4v) is 3.70. The van der Waals surface area contributed by atoms with Crippen molar-refractivity contribution in [2.45, 2.75) is 52.3 Å².